The first kappa shape index (κ1) is 24.1. The van der Waals surface area contributed by atoms with Crippen molar-refractivity contribution in [2.75, 3.05) is 5.32 Å². The molecule has 0 saturated carbocycles. The van der Waals surface area contributed by atoms with E-state index in [1.54, 1.807) is 48.8 Å². The smallest absolute Gasteiger partial charge is 0.269 e. The van der Waals surface area contributed by atoms with Crippen molar-refractivity contribution in [2.24, 2.45) is 7.05 Å². The van der Waals surface area contributed by atoms with Crippen LogP contribution in [0, 0.1) is 13.8 Å². The van der Waals surface area contributed by atoms with Crippen molar-refractivity contribution in [1.29, 1.82) is 0 Å². The van der Waals surface area contributed by atoms with Crippen molar-refractivity contribution in [1.82, 2.24) is 19.1 Å². The Kier molecular flexibility index (Phi) is 5.92. The molecule has 39 heavy (non-hydrogen) atoms. The van der Waals surface area contributed by atoms with Gasteiger partial charge in [0.05, 0.1) is 11.1 Å². The number of hydrogen-bond acceptors (Lipinski definition) is 5. The molecule has 0 bridgehead atoms. The zero-order valence-electron chi connectivity index (χ0n) is 21.7. The van der Waals surface area contributed by atoms with Crippen LogP contribution in [-0.4, -0.2) is 25.0 Å². The number of hydrogen-bond donors (Lipinski definition) is 1. The first-order valence-electron chi connectivity index (χ1n) is 12.5. The monoisotopic (exact) mass is 515 g/mol. The second-order valence-electron chi connectivity index (χ2n) is 9.46. The Bertz CT molecular complexity index is 1940. The van der Waals surface area contributed by atoms with Gasteiger partial charge in [-0.15, -0.1) is 0 Å². The van der Waals surface area contributed by atoms with Gasteiger partial charge in [0.15, 0.2) is 0 Å². The summed E-state index contributed by atoms with van der Waals surface area (Å²) in [5, 5.41) is 4.44. The van der Waals surface area contributed by atoms with Crippen molar-refractivity contribution >= 4 is 33.7 Å². The van der Waals surface area contributed by atoms with Crippen LogP contribution >= 0.6 is 0 Å². The number of benzene rings is 2. The molecule has 1 N–H and O–H groups in total. The van der Waals surface area contributed by atoms with Crippen molar-refractivity contribution in [2.45, 2.75) is 13.8 Å². The molecule has 0 unspecified atom stereocenters. The van der Waals surface area contributed by atoms with Gasteiger partial charge >= 0.3 is 0 Å². The van der Waals surface area contributed by atoms with Crippen LogP contribution in [0.25, 0.3) is 27.8 Å². The van der Waals surface area contributed by atoms with Gasteiger partial charge in [-0.2, -0.15) is 0 Å². The maximum Gasteiger partial charge on any atom is 0.269 e. The quantitative estimate of drug-likeness (QED) is 0.307. The van der Waals surface area contributed by atoms with Crippen LogP contribution in [-0.2, 0) is 7.05 Å². The topological polar surface area (TPSA) is 91.0 Å². The average Bonchev–Trinajstić information content (AvgIpc) is 3.31. The van der Waals surface area contributed by atoms with Crippen molar-refractivity contribution in [3.63, 3.8) is 0 Å². The Morgan fingerprint density at radius 3 is 2.49 bits per heavy atom. The number of nitrogens with zero attached hydrogens (tertiary/aromatic N) is 4. The molecule has 0 fully saturated rings. The van der Waals surface area contributed by atoms with Crippen LogP contribution in [0.4, 0.5) is 5.69 Å². The van der Waals surface area contributed by atoms with Crippen LogP contribution in [0.2, 0.25) is 0 Å². The van der Waals surface area contributed by atoms with Crippen LogP contribution in [0.3, 0.4) is 0 Å². The van der Waals surface area contributed by atoms with E-state index in [4.69, 9.17) is 4.74 Å². The van der Waals surface area contributed by atoms with Gasteiger partial charge in [-0.25, -0.2) is 9.97 Å². The number of amides is 1. The lowest BCUT2D eigenvalue weighted by Gasteiger charge is -2.15. The van der Waals surface area contributed by atoms with E-state index in [2.05, 4.69) is 15.3 Å². The molecule has 1 amide bonds. The minimum Gasteiger partial charge on any atom is -0.457 e. The number of aromatic nitrogens is 4. The second-order valence-corrected chi connectivity index (χ2v) is 9.46. The summed E-state index contributed by atoms with van der Waals surface area (Å²) < 4.78 is 9.51. The van der Waals surface area contributed by atoms with E-state index in [9.17, 15) is 9.59 Å². The first-order chi connectivity index (χ1) is 18.9. The van der Waals surface area contributed by atoms with Crippen LogP contribution in [0.5, 0.6) is 11.5 Å². The van der Waals surface area contributed by atoms with Crippen LogP contribution < -0.4 is 15.6 Å². The number of anilines is 1. The predicted octanol–water partition coefficient (Wildman–Crippen LogP) is 5.93. The highest BCUT2D eigenvalue weighted by atomic mass is 16.5. The lowest BCUT2D eigenvalue weighted by atomic mass is 10.1. The third-order valence-corrected chi connectivity index (χ3v) is 6.67. The van der Waals surface area contributed by atoms with Gasteiger partial charge in [0.25, 0.3) is 11.5 Å². The number of carbonyl (C=O) groups excluding carboxylic acids is 1. The highest BCUT2D eigenvalue weighted by molar-refractivity contribution is 6.05. The number of carbonyl (C=O) groups is 1. The molecular weight excluding hydrogens is 490 g/mol. The minimum atomic E-state index is -0.502. The summed E-state index contributed by atoms with van der Waals surface area (Å²) in [7, 11) is 1.93. The average molecular weight is 516 g/mol. The molecule has 4 heterocycles. The van der Waals surface area contributed by atoms with E-state index in [1.165, 1.54) is 4.57 Å². The Labute approximate surface area is 224 Å². The third-order valence-electron chi connectivity index (χ3n) is 6.67. The zero-order chi connectivity index (χ0) is 27.1. The van der Waals surface area contributed by atoms with E-state index in [0.29, 0.717) is 33.9 Å². The zero-order valence-corrected chi connectivity index (χ0v) is 21.7. The van der Waals surface area contributed by atoms with Gasteiger partial charge in [-0.1, -0.05) is 17.7 Å². The molecule has 6 rings (SSSR count). The summed E-state index contributed by atoms with van der Waals surface area (Å²) >= 11 is 0. The highest BCUT2D eigenvalue weighted by Crippen LogP contribution is 2.30. The molecule has 0 radical (unpaired) electrons. The number of aryl methyl sites for hydroxylation is 3. The molecule has 8 heteroatoms. The van der Waals surface area contributed by atoms with E-state index >= 15 is 0 Å². The minimum absolute atomic E-state index is 0.0269. The third kappa shape index (κ3) is 4.42. The SMILES string of the molecule is Cc1ccc(-n2c(=O)c(C(=O)Nc3ccc(Oc4ccnc5c4ccn5C)cc3)cc3cccnc32)c(C)c1. The van der Waals surface area contributed by atoms with Crippen molar-refractivity contribution < 1.29 is 9.53 Å². The molecule has 0 spiro atoms. The standard InChI is InChI=1S/C31H25N5O3/c1-19-6-11-26(20(2)17-19)36-28-21(5-4-14-32-28)18-25(31(36)38)30(37)34-22-7-9-23(10-8-22)39-27-12-15-33-29-24(27)13-16-35(29)3/h4-18H,1-3H3,(H,34,37). The molecule has 8 nitrogen and oxygen atoms in total. The number of fused-ring (bicyclic) bond motifs is 2. The molecular formula is C31H25N5O3. The van der Waals surface area contributed by atoms with Crippen molar-refractivity contribution in [3.05, 3.63) is 118 Å². The van der Waals surface area contributed by atoms with Crippen molar-refractivity contribution in [3.8, 4) is 17.2 Å². The first-order valence-corrected chi connectivity index (χ1v) is 12.5. The predicted molar refractivity (Wildman–Crippen MR) is 152 cm³/mol. The fourth-order valence-electron chi connectivity index (χ4n) is 4.75. The molecule has 0 aliphatic rings. The fraction of sp³-hybridized carbons (Fsp3) is 0.0968. The van der Waals surface area contributed by atoms with Crippen LogP contribution in [0.15, 0.2) is 96.2 Å². The number of ether oxygens (including phenoxy) is 1. The summed E-state index contributed by atoms with van der Waals surface area (Å²) in [5.41, 5.74) is 4.14. The Morgan fingerprint density at radius 2 is 1.69 bits per heavy atom. The normalized spacial score (nSPS) is 11.2. The second kappa shape index (κ2) is 9.57. The summed E-state index contributed by atoms with van der Waals surface area (Å²) in [6, 6.07) is 21.8. The molecule has 0 aliphatic carbocycles. The van der Waals surface area contributed by atoms with E-state index in [1.807, 2.05) is 68.1 Å². The molecule has 2 aromatic carbocycles. The molecule has 192 valence electrons. The highest BCUT2D eigenvalue weighted by Gasteiger charge is 2.19. The Hall–Kier alpha value is -5.24. The lowest BCUT2D eigenvalue weighted by Crippen LogP contribution is -2.29. The van der Waals surface area contributed by atoms with Gasteiger partial charge in [-0.05, 0) is 80.1 Å². The van der Waals surface area contributed by atoms with E-state index in [0.717, 1.165) is 22.2 Å². The van der Waals surface area contributed by atoms with Gasteiger partial charge in [0.2, 0.25) is 0 Å². The van der Waals surface area contributed by atoms with Gasteiger partial charge in [-0.3, -0.25) is 14.2 Å². The maximum absolute atomic E-state index is 13.7. The number of rotatable bonds is 5. The molecule has 4 aromatic heterocycles. The fourth-order valence-corrected chi connectivity index (χ4v) is 4.75. The summed E-state index contributed by atoms with van der Waals surface area (Å²) in [6.07, 6.45) is 5.27. The molecule has 0 saturated heterocycles. The molecule has 0 aliphatic heterocycles. The summed E-state index contributed by atoms with van der Waals surface area (Å²) in [5.74, 6) is 0.797. The van der Waals surface area contributed by atoms with Crippen LogP contribution in [0.1, 0.15) is 21.5 Å². The Balaban J connectivity index is 1.30. The molecule has 6 aromatic rings. The number of nitrogens with one attached hydrogen (secondary N) is 1. The summed E-state index contributed by atoms with van der Waals surface area (Å²) in [6.45, 7) is 3.93. The summed E-state index contributed by atoms with van der Waals surface area (Å²) in [4.78, 5) is 35.8. The molecule has 0 atom stereocenters. The largest absolute Gasteiger partial charge is 0.457 e. The van der Waals surface area contributed by atoms with E-state index < -0.39 is 11.5 Å². The van der Waals surface area contributed by atoms with Gasteiger partial charge in [0.1, 0.15) is 28.4 Å². The Morgan fingerprint density at radius 1 is 0.897 bits per heavy atom. The maximum atomic E-state index is 13.7. The lowest BCUT2D eigenvalue weighted by molar-refractivity contribution is 0.102. The van der Waals surface area contributed by atoms with E-state index in [-0.39, 0.29) is 5.56 Å². The number of pyridine rings is 3. The van der Waals surface area contributed by atoms with Gasteiger partial charge < -0.3 is 14.6 Å². The van der Waals surface area contributed by atoms with Gasteiger partial charge in [0, 0.05) is 36.7 Å².